The van der Waals surface area contributed by atoms with Gasteiger partial charge >= 0.3 is 0 Å². The molecule has 0 radical (unpaired) electrons. The number of nitrogens with two attached hydrogens (primary N) is 1. The standard InChI is InChI=1S/C2H5NO2/c3-1-5-2-4/h2H,1,3H2. The zero-order valence-electron chi connectivity index (χ0n) is 2.68. The Balaban J connectivity index is 2.40. The summed E-state index contributed by atoms with van der Waals surface area (Å²) in [6.07, 6.45) is 0. The SMILES string of the molecule is NCOC=O. The quantitative estimate of drug-likeness (QED) is 0.341. The average molecular weight is 75.1 g/mol. The van der Waals surface area contributed by atoms with Crippen LogP contribution in [-0.2, 0) is 9.53 Å². The number of hydrogen-bond donors (Lipinski definition) is 1. The molecular formula is C2H5NO2. The number of hydrogen-bond acceptors (Lipinski definition) is 3. The third-order valence-electron chi connectivity index (χ3n) is 0.164. The van der Waals surface area contributed by atoms with E-state index < -0.39 is 0 Å². The smallest absolute Gasteiger partial charge is 0.294 e. The van der Waals surface area contributed by atoms with E-state index in [0.29, 0.717) is 6.47 Å². The van der Waals surface area contributed by atoms with Crippen molar-refractivity contribution in [2.45, 2.75) is 0 Å². The van der Waals surface area contributed by atoms with E-state index in [9.17, 15) is 0 Å². The van der Waals surface area contributed by atoms with Gasteiger partial charge < -0.3 is 4.74 Å². The Morgan fingerprint density at radius 3 is 2.60 bits per heavy atom. The molecule has 0 saturated carbocycles. The van der Waals surface area contributed by atoms with Gasteiger partial charge in [-0.2, -0.15) is 0 Å². The van der Waals surface area contributed by atoms with Crippen molar-refractivity contribution < 1.29 is 9.53 Å². The Bertz CT molecular complexity index is 28.8. The summed E-state index contributed by atoms with van der Waals surface area (Å²) in [6.45, 7) is 0.281. The highest BCUT2D eigenvalue weighted by Gasteiger charge is 1.60. The molecule has 0 aliphatic rings. The number of carbonyl (C=O) groups excluding carboxylic acids is 1. The summed E-state index contributed by atoms with van der Waals surface area (Å²) in [5.74, 6) is 0. The monoisotopic (exact) mass is 75.0 g/mol. The van der Waals surface area contributed by atoms with Gasteiger partial charge in [-0.15, -0.1) is 0 Å². The minimum atomic E-state index is -0.0243. The van der Waals surface area contributed by atoms with Crippen molar-refractivity contribution in [1.29, 1.82) is 0 Å². The third-order valence-corrected chi connectivity index (χ3v) is 0.164. The van der Waals surface area contributed by atoms with E-state index in [2.05, 4.69) is 10.5 Å². The van der Waals surface area contributed by atoms with Gasteiger partial charge in [0.1, 0.15) is 6.73 Å². The first kappa shape index (κ1) is 4.43. The van der Waals surface area contributed by atoms with E-state index >= 15 is 0 Å². The van der Waals surface area contributed by atoms with Crippen LogP contribution in [0.25, 0.3) is 0 Å². The molecule has 0 heterocycles. The highest BCUT2D eigenvalue weighted by Crippen LogP contribution is 1.45. The Morgan fingerprint density at radius 2 is 2.60 bits per heavy atom. The van der Waals surface area contributed by atoms with Crippen molar-refractivity contribution in [2.24, 2.45) is 5.73 Å². The predicted molar refractivity (Wildman–Crippen MR) is 16.2 cm³/mol. The molecule has 3 nitrogen and oxygen atoms in total. The summed E-state index contributed by atoms with van der Waals surface area (Å²) in [4.78, 5) is 9.10. The lowest BCUT2D eigenvalue weighted by atomic mass is 11.3. The van der Waals surface area contributed by atoms with Crippen LogP contribution in [0, 0.1) is 0 Å². The minimum Gasteiger partial charge on any atom is -0.452 e. The van der Waals surface area contributed by atoms with Crippen molar-refractivity contribution in [3.63, 3.8) is 0 Å². The molecule has 0 fully saturated rings. The summed E-state index contributed by atoms with van der Waals surface area (Å²) in [5, 5.41) is 0. The van der Waals surface area contributed by atoms with Gasteiger partial charge in [-0.25, -0.2) is 0 Å². The lowest BCUT2D eigenvalue weighted by molar-refractivity contribution is -0.128. The summed E-state index contributed by atoms with van der Waals surface area (Å²) in [6, 6.07) is 0. The molecule has 0 aromatic rings. The highest BCUT2D eigenvalue weighted by atomic mass is 16.5. The maximum Gasteiger partial charge on any atom is 0.294 e. The fourth-order valence-electron chi connectivity index (χ4n) is 0.0393. The fraction of sp³-hybridized carbons (Fsp3) is 0.500. The first-order valence-corrected chi connectivity index (χ1v) is 1.17. The molecule has 0 atom stereocenters. The molecule has 5 heavy (non-hydrogen) atoms. The van der Waals surface area contributed by atoms with Crippen molar-refractivity contribution in [3.05, 3.63) is 0 Å². The topological polar surface area (TPSA) is 52.3 Å². The molecule has 0 bridgehead atoms. The summed E-state index contributed by atoms with van der Waals surface area (Å²) in [5.41, 5.74) is 4.69. The van der Waals surface area contributed by atoms with Gasteiger partial charge in [-0.05, 0) is 0 Å². The summed E-state index contributed by atoms with van der Waals surface area (Å²) in [7, 11) is 0. The maximum absolute atomic E-state index is 9.10. The van der Waals surface area contributed by atoms with Crippen molar-refractivity contribution in [1.82, 2.24) is 0 Å². The van der Waals surface area contributed by atoms with Crippen molar-refractivity contribution in [2.75, 3.05) is 6.73 Å². The second kappa shape index (κ2) is 3.43. The van der Waals surface area contributed by atoms with E-state index in [4.69, 9.17) is 4.79 Å². The van der Waals surface area contributed by atoms with Crippen LogP contribution < -0.4 is 5.73 Å². The molecule has 0 spiro atoms. The van der Waals surface area contributed by atoms with Gasteiger partial charge in [0.2, 0.25) is 0 Å². The van der Waals surface area contributed by atoms with Crippen molar-refractivity contribution >= 4 is 6.47 Å². The second-order valence-corrected chi connectivity index (χ2v) is 0.430. The van der Waals surface area contributed by atoms with Crippen molar-refractivity contribution in [3.8, 4) is 0 Å². The Labute approximate surface area is 29.7 Å². The zero-order valence-corrected chi connectivity index (χ0v) is 2.68. The highest BCUT2D eigenvalue weighted by molar-refractivity contribution is 5.36. The molecule has 0 aromatic carbocycles. The average Bonchev–Trinajstić information content (AvgIpc) is 1.41. The number of carbonyl (C=O) groups is 1. The summed E-state index contributed by atoms with van der Waals surface area (Å²) < 4.78 is 3.93. The van der Waals surface area contributed by atoms with Gasteiger partial charge in [0.15, 0.2) is 0 Å². The molecule has 2 N–H and O–H groups in total. The fourth-order valence-corrected chi connectivity index (χ4v) is 0.0393. The van der Waals surface area contributed by atoms with Crippen LogP contribution in [0.1, 0.15) is 0 Å². The zero-order chi connectivity index (χ0) is 4.12. The molecule has 0 aromatic heterocycles. The number of ether oxygens (including phenoxy) is 1. The third kappa shape index (κ3) is 3.43. The van der Waals surface area contributed by atoms with Crippen LogP contribution >= 0.6 is 0 Å². The molecule has 0 aliphatic carbocycles. The molecule has 0 aliphatic heterocycles. The molecule has 0 unspecified atom stereocenters. The minimum absolute atomic E-state index is 0.0243. The number of rotatable bonds is 2. The van der Waals surface area contributed by atoms with Gasteiger partial charge in [0.25, 0.3) is 6.47 Å². The van der Waals surface area contributed by atoms with E-state index in [1.54, 1.807) is 0 Å². The van der Waals surface area contributed by atoms with Crippen LogP contribution in [0.4, 0.5) is 0 Å². The Morgan fingerprint density at radius 1 is 2.00 bits per heavy atom. The molecule has 0 saturated heterocycles. The second-order valence-electron chi connectivity index (χ2n) is 0.430. The van der Waals surface area contributed by atoms with Crippen LogP contribution in [0.15, 0.2) is 0 Å². The lowest BCUT2D eigenvalue weighted by Crippen LogP contribution is -2.01. The molecule has 0 rings (SSSR count). The predicted octanol–water partition coefficient (Wildman–Crippen LogP) is -0.924. The first-order valence-electron chi connectivity index (χ1n) is 1.17. The lowest BCUT2D eigenvalue weighted by Gasteiger charge is -1.80. The largest absolute Gasteiger partial charge is 0.452 e. The van der Waals surface area contributed by atoms with Crippen LogP contribution in [-0.4, -0.2) is 13.2 Å². The van der Waals surface area contributed by atoms with Crippen LogP contribution in [0.5, 0.6) is 0 Å². The van der Waals surface area contributed by atoms with Gasteiger partial charge in [-0.3, -0.25) is 10.5 Å². The molecule has 30 valence electrons. The van der Waals surface area contributed by atoms with E-state index in [1.807, 2.05) is 0 Å². The molecule has 3 heteroatoms. The van der Waals surface area contributed by atoms with Gasteiger partial charge in [0.05, 0.1) is 0 Å². The van der Waals surface area contributed by atoms with Gasteiger partial charge in [0, 0.05) is 0 Å². The first-order chi connectivity index (χ1) is 2.41. The maximum atomic E-state index is 9.10. The Kier molecular flexibility index (Phi) is 3.04. The molecule has 0 amide bonds. The van der Waals surface area contributed by atoms with E-state index in [0.717, 1.165) is 0 Å². The molecular weight excluding hydrogens is 70.0 g/mol. The van der Waals surface area contributed by atoms with E-state index in [-0.39, 0.29) is 6.73 Å². The summed E-state index contributed by atoms with van der Waals surface area (Å²) >= 11 is 0. The normalized spacial score (nSPS) is 6.60. The van der Waals surface area contributed by atoms with Crippen LogP contribution in [0.2, 0.25) is 0 Å². The van der Waals surface area contributed by atoms with E-state index in [1.165, 1.54) is 0 Å². The van der Waals surface area contributed by atoms with Crippen LogP contribution in [0.3, 0.4) is 0 Å². The van der Waals surface area contributed by atoms with Gasteiger partial charge in [-0.1, -0.05) is 0 Å². The Hall–Kier alpha value is -0.570.